The Bertz CT molecular complexity index is 213. The van der Waals surface area contributed by atoms with E-state index in [4.69, 9.17) is 0 Å². The Hall–Kier alpha value is -1.09. The monoisotopic (exact) mass is 151 g/mol. The molecule has 0 radical (unpaired) electrons. The summed E-state index contributed by atoms with van der Waals surface area (Å²) in [6.45, 7) is 7.40. The molecule has 0 atom stereocenters. The predicted molar refractivity (Wildman–Crippen MR) is 45.1 cm³/mol. The minimum absolute atomic E-state index is 0.778. The van der Waals surface area contributed by atoms with Gasteiger partial charge in [-0.05, 0) is 6.92 Å². The molecule has 0 fully saturated rings. The van der Waals surface area contributed by atoms with Gasteiger partial charge in [-0.3, -0.25) is 0 Å². The third-order valence-electron chi connectivity index (χ3n) is 1.27. The molecule has 2 N–H and O–H groups in total. The van der Waals surface area contributed by atoms with Crippen LogP contribution in [-0.4, -0.2) is 16.5 Å². The van der Waals surface area contributed by atoms with Gasteiger partial charge < -0.3 is 10.3 Å². The van der Waals surface area contributed by atoms with Crippen LogP contribution < -0.4 is 5.32 Å². The molecule has 0 bridgehead atoms. The number of H-pyrrole nitrogens is 1. The average molecular weight is 151 g/mol. The molecule has 0 saturated heterocycles. The molecule has 60 valence electrons. The molecule has 1 rings (SSSR count). The van der Waals surface area contributed by atoms with Crippen LogP contribution in [0.15, 0.2) is 24.5 Å². The molecule has 0 aromatic carbocycles. The van der Waals surface area contributed by atoms with Crippen LogP contribution in [0, 0.1) is 0 Å². The maximum Gasteiger partial charge on any atom is 0.120 e. The van der Waals surface area contributed by atoms with E-state index in [0.29, 0.717) is 0 Å². The van der Waals surface area contributed by atoms with Gasteiger partial charge in [-0.1, -0.05) is 12.2 Å². The molecule has 1 aromatic heterocycles. The lowest BCUT2D eigenvalue weighted by Crippen LogP contribution is -2.15. The van der Waals surface area contributed by atoms with Gasteiger partial charge in [-0.2, -0.15) is 0 Å². The Morgan fingerprint density at radius 1 is 1.82 bits per heavy atom. The first-order chi connectivity index (χ1) is 5.29. The Kier molecular flexibility index (Phi) is 2.86. The predicted octanol–water partition coefficient (Wildman–Crippen LogP) is 1.08. The third-order valence-corrected chi connectivity index (χ3v) is 1.27. The molecule has 0 unspecified atom stereocenters. The van der Waals surface area contributed by atoms with Gasteiger partial charge in [0.25, 0.3) is 0 Å². The zero-order chi connectivity index (χ0) is 8.10. The highest BCUT2D eigenvalue weighted by Crippen LogP contribution is 1.88. The van der Waals surface area contributed by atoms with Crippen LogP contribution in [0.5, 0.6) is 0 Å². The molecule has 1 aromatic rings. The van der Waals surface area contributed by atoms with E-state index in [1.807, 2.05) is 13.1 Å². The smallest absolute Gasteiger partial charge is 0.120 e. The zero-order valence-electron chi connectivity index (χ0n) is 6.72. The lowest BCUT2D eigenvalue weighted by molar-refractivity contribution is 0.710. The van der Waals surface area contributed by atoms with E-state index < -0.39 is 0 Å². The van der Waals surface area contributed by atoms with Gasteiger partial charge >= 0.3 is 0 Å². The van der Waals surface area contributed by atoms with E-state index in [-0.39, 0.29) is 0 Å². The molecule has 3 heteroatoms. The van der Waals surface area contributed by atoms with Crippen molar-refractivity contribution in [3.05, 3.63) is 30.4 Å². The number of hydrogen-bond acceptors (Lipinski definition) is 2. The summed E-state index contributed by atoms with van der Waals surface area (Å²) < 4.78 is 0. The van der Waals surface area contributed by atoms with Crippen molar-refractivity contribution in [1.29, 1.82) is 0 Å². The molecule has 0 spiro atoms. The quantitative estimate of drug-likeness (QED) is 0.632. The molecule has 3 nitrogen and oxygen atoms in total. The van der Waals surface area contributed by atoms with Crippen molar-refractivity contribution in [3.8, 4) is 0 Å². The fourth-order valence-electron chi connectivity index (χ4n) is 0.789. The van der Waals surface area contributed by atoms with Crippen molar-refractivity contribution >= 4 is 0 Å². The highest BCUT2D eigenvalue weighted by Gasteiger charge is 1.91. The van der Waals surface area contributed by atoms with E-state index in [1.54, 1.807) is 6.20 Å². The number of nitrogens with one attached hydrogen (secondary N) is 2. The summed E-state index contributed by atoms with van der Waals surface area (Å²) >= 11 is 0. The van der Waals surface area contributed by atoms with Crippen LogP contribution in [0.4, 0.5) is 0 Å². The van der Waals surface area contributed by atoms with Gasteiger partial charge in [-0.25, -0.2) is 4.98 Å². The number of imidazole rings is 1. The average Bonchev–Trinajstić information content (AvgIpc) is 2.39. The third kappa shape index (κ3) is 3.00. The molecule has 0 aliphatic carbocycles. The number of nitrogens with zero attached hydrogens (tertiary/aromatic N) is 1. The zero-order valence-corrected chi connectivity index (χ0v) is 6.72. The maximum absolute atomic E-state index is 4.07. The standard InChI is InChI=1S/C8H13N3/c1-7(2)5-9-6-8-10-3-4-11-8/h3-4,9H,1,5-6H2,2H3,(H,10,11). The number of aromatic amines is 1. The molecule has 11 heavy (non-hydrogen) atoms. The topological polar surface area (TPSA) is 40.7 Å². The van der Waals surface area contributed by atoms with Crippen LogP contribution in [0.2, 0.25) is 0 Å². The fourth-order valence-corrected chi connectivity index (χ4v) is 0.789. The van der Waals surface area contributed by atoms with Gasteiger partial charge in [0.2, 0.25) is 0 Å². The second-order valence-corrected chi connectivity index (χ2v) is 2.60. The van der Waals surface area contributed by atoms with Gasteiger partial charge in [0.1, 0.15) is 5.82 Å². The van der Waals surface area contributed by atoms with Crippen molar-refractivity contribution in [2.24, 2.45) is 0 Å². The fraction of sp³-hybridized carbons (Fsp3) is 0.375. The highest BCUT2D eigenvalue weighted by molar-refractivity contribution is 4.92. The molecule has 1 heterocycles. The first kappa shape index (κ1) is 8.01. The van der Waals surface area contributed by atoms with Gasteiger partial charge in [-0.15, -0.1) is 0 Å². The molecule has 0 aliphatic heterocycles. The summed E-state index contributed by atoms with van der Waals surface area (Å²) in [6, 6.07) is 0. The Balaban J connectivity index is 2.19. The Morgan fingerprint density at radius 2 is 2.64 bits per heavy atom. The minimum atomic E-state index is 0.778. The number of aromatic nitrogens is 2. The van der Waals surface area contributed by atoms with Crippen molar-refractivity contribution in [2.75, 3.05) is 6.54 Å². The second-order valence-electron chi connectivity index (χ2n) is 2.60. The first-order valence-corrected chi connectivity index (χ1v) is 3.62. The summed E-state index contributed by atoms with van der Waals surface area (Å²) in [5.74, 6) is 0.964. The molecule has 0 amide bonds. The summed E-state index contributed by atoms with van der Waals surface area (Å²) in [5, 5.41) is 3.19. The first-order valence-electron chi connectivity index (χ1n) is 3.62. The van der Waals surface area contributed by atoms with Gasteiger partial charge in [0, 0.05) is 18.9 Å². The lowest BCUT2D eigenvalue weighted by atomic mass is 10.3. The SMILES string of the molecule is C=C(C)CNCc1ncc[nH]1. The van der Waals surface area contributed by atoms with Crippen LogP contribution in [0.3, 0.4) is 0 Å². The summed E-state index contributed by atoms with van der Waals surface area (Å²) in [4.78, 5) is 7.07. The Morgan fingerprint density at radius 3 is 3.18 bits per heavy atom. The van der Waals surface area contributed by atoms with E-state index in [2.05, 4.69) is 21.9 Å². The lowest BCUT2D eigenvalue weighted by Gasteiger charge is -2.00. The molecule has 0 saturated carbocycles. The molecular weight excluding hydrogens is 138 g/mol. The maximum atomic E-state index is 4.07. The van der Waals surface area contributed by atoms with Crippen molar-refractivity contribution in [2.45, 2.75) is 13.5 Å². The largest absolute Gasteiger partial charge is 0.348 e. The Labute approximate surface area is 66.5 Å². The highest BCUT2D eigenvalue weighted by atomic mass is 15.0. The van der Waals surface area contributed by atoms with E-state index in [9.17, 15) is 0 Å². The van der Waals surface area contributed by atoms with Crippen LogP contribution in [0.1, 0.15) is 12.7 Å². The summed E-state index contributed by atoms with van der Waals surface area (Å²) in [6.07, 6.45) is 3.57. The van der Waals surface area contributed by atoms with E-state index >= 15 is 0 Å². The summed E-state index contributed by atoms with van der Waals surface area (Å²) in [5.41, 5.74) is 1.14. The van der Waals surface area contributed by atoms with Crippen molar-refractivity contribution in [1.82, 2.24) is 15.3 Å². The minimum Gasteiger partial charge on any atom is -0.348 e. The molecular formula is C8H13N3. The molecule has 0 aliphatic rings. The van der Waals surface area contributed by atoms with Gasteiger partial charge in [0.05, 0.1) is 6.54 Å². The van der Waals surface area contributed by atoms with E-state index in [1.165, 1.54) is 0 Å². The van der Waals surface area contributed by atoms with Crippen LogP contribution >= 0.6 is 0 Å². The number of rotatable bonds is 4. The van der Waals surface area contributed by atoms with Crippen LogP contribution in [-0.2, 0) is 6.54 Å². The van der Waals surface area contributed by atoms with Gasteiger partial charge in [0.15, 0.2) is 0 Å². The number of hydrogen-bond donors (Lipinski definition) is 2. The van der Waals surface area contributed by atoms with Crippen LogP contribution in [0.25, 0.3) is 0 Å². The summed E-state index contributed by atoms with van der Waals surface area (Å²) in [7, 11) is 0. The second kappa shape index (κ2) is 3.93. The van der Waals surface area contributed by atoms with Crippen molar-refractivity contribution < 1.29 is 0 Å². The van der Waals surface area contributed by atoms with Crippen molar-refractivity contribution in [3.63, 3.8) is 0 Å². The van der Waals surface area contributed by atoms with E-state index in [0.717, 1.165) is 24.5 Å². The normalized spacial score (nSPS) is 9.91.